The molecule has 118 valence electrons. The molecule has 0 aliphatic carbocycles. The second-order valence-electron chi connectivity index (χ2n) is 5.10. The van der Waals surface area contributed by atoms with Gasteiger partial charge < -0.3 is 13.9 Å². The number of hydrogen-bond donors (Lipinski definition) is 0. The minimum atomic E-state index is -0.433. The van der Waals surface area contributed by atoms with E-state index in [1.165, 1.54) is 19.2 Å². The summed E-state index contributed by atoms with van der Waals surface area (Å²) in [5.74, 6) is 0.792. The molecule has 0 radical (unpaired) electrons. The van der Waals surface area contributed by atoms with Crippen LogP contribution in [0.15, 0.2) is 51.7 Å². The largest absolute Gasteiger partial charge is 0.496 e. The molecule has 0 unspecified atom stereocenters. The van der Waals surface area contributed by atoms with Gasteiger partial charge in [-0.05, 0) is 23.8 Å². The van der Waals surface area contributed by atoms with Gasteiger partial charge >= 0.3 is 5.63 Å². The lowest BCUT2D eigenvalue weighted by atomic mass is 10.0. The van der Waals surface area contributed by atoms with E-state index in [1.807, 2.05) is 0 Å². The molecule has 3 aromatic rings. The first-order valence-corrected chi connectivity index (χ1v) is 7.04. The van der Waals surface area contributed by atoms with Crippen LogP contribution in [0, 0.1) is 5.82 Å². The van der Waals surface area contributed by atoms with Crippen molar-refractivity contribution < 1.29 is 18.3 Å². The second-order valence-corrected chi connectivity index (χ2v) is 5.10. The van der Waals surface area contributed by atoms with E-state index in [4.69, 9.17) is 13.9 Å². The Morgan fingerprint density at radius 3 is 2.43 bits per heavy atom. The van der Waals surface area contributed by atoms with Gasteiger partial charge in [0.2, 0.25) is 0 Å². The van der Waals surface area contributed by atoms with Crippen molar-refractivity contribution in [3.05, 3.63) is 69.8 Å². The topological polar surface area (TPSA) is 48.7 Å². The van der Waals surface area contributed by atoms with Crippen molar-refractivity contribution in [1.82, 2.24) is 0 Å². The van der Waals surface area contributed by atoms with Crippen molar-refractivity contribution >= 4 is 11.0 Å². The number of methoxy groups -OCH3 is 2. The van der Waals surface area contributed by atoms with E-state index in [2.05, 4.69) is 0 Å². The van der Waals surface area contributed by atoms with Gasteiger partial charge in [0, 0.05) is 24.1 Å². The van der Waals surface area contributed by atoms with Crippen molar-refractivity contribution in [2.24, 2.45) is 0 Å². The summed E-state index contributed by atoms with van der Waals surface area (Å²) in [6.07, 6.45) is 0.355. The fourth-order valence-electron chi connectivity index (χ4n) is 2.43. The Bertz CT molecular complexity index is 897. The third-order valence-electron chi connectivity index (χ3n) is 3.62. The third kappa shape index (κ3) is 3.04. The van der Waals surface area contributed by atoms with E-state index in [-0.39, 0.29) is 5.82 Å². The molecule has 1 heterocycles. The Balaban J connectivity index is 2.09. The maximum absolute atomic E-state index is 13.0. The number of halogens is 1. The second kappa shape index (κ2) is 6.12. The van der Waals surface area contributed by atoms with E-state index >= 15 is 0 Å². The molecule has 0 amide bonds. The van der Waals surface area contributed by atoms with Crippen LogP contribution in [-0.4, -0.2) is 14.2 Å². The van der Waals surface area contributed by atoms with Crippen LogP contribution in [0.1, 0.15) is 11.1 Å². The van der Waals surface area contributed by atoms with Crippen LogP contribution in [0.4, 0.5) is 4.39 Å². The van der Waals surface area contributed by atoms with Crippen LogP contribution < -0.4 is 15.1 Å². The number of hydrogen-bond acceptors (Lipinski definition) is 4. The first-order chi connectivity index (χ1) is 11.1. The van der Waals surface area contributed by atoms with Crippen LogP contribution in [-0.2, 0) is 6.42 Å². The summed E-state index contributed by atoms with van der Waals surface area (Å²) in [5.41, 5.74) is 1.27. The van der Waals surface area contributed by atoms with Gasteiger partial charge in [0.05, 0.1) is 19.6 Å². The molecule has 0 saturated heterocycles. The molecule has 0 spiro atoms. The van der Waals surface area contributed by atoms with Crippen LogP contribution in [0.25, 0.3) is 11.0 Å². The molecule has 0 bridgehead atoms. The fourth-order valence-corrected chi connectivity index (χ4v) is 2.43. The molecule has 5 heteroatoms. The minimum absolute atomic E-state index is 0.312. The lowest BCUT2D eigenvalue weighted by Gasteiger charge is -2.09. The summed E-state index contributed by atoms with van der Waals surface area (Å²) in [4.78, 5) is 12.2. The molecule has 23 heavy (non-hydrogen) atoms. The minimum Gasteiger partial charge on any atom is -0.496 e. The Hall–Kier alpha value is -2.82. The molecule has 3 rings (SSSR count). The van der Waals surface area contributed by atoms with Crippen LogP contribution in [0.3, 0.4) is 0 Å². The predicted molar refractivity (Wildman–Crippen MR) is 84.8 cm³/mol. The summed E-state index contributed by atoms with van der Waals surface area (Å²) in [5, 5.41) is 0.685. The lowest BCUT2D eigenvalue weighted by molar-refractivity contribution is 0.395. The van der Waals surface area contributed by atoms with Gasteiger partial charge in [0.1, 0.15) is 22.9 Å². The van der Waals surface area contributed by atoms with E-state index < -0.39 is 5.63 Å². The number of rotatable bonds is 4. The summed E-state index contributed by atoms with van der Waals surface area (Å²) in [6.45, 7) is 0. The highest BCUT2D eigenvalue weighted by Gasteiger charge is 2.12. The molecule has 1 aromatic heterocycles. The predicted octanol–water partition coefficient (Wildman–Crippen LogP) is 3.54. The fraction of sp³-hybridized carbons (Fsp3) is 0.167. The van der Waals surface area contributed by atoms with Gasteiger partial charge in [-0.25, -0.2) is 9.18 Å². The number of fused-ring (bicyclic) bond motifs is 1. The summed E-state index contributed by atoms with van der Waals surface area (Å²) in [6, 6.07) is 11.1. The zero-order valence-corrected chi connectivity index (χ0v) is 12.8. The van der Waals surface area contributed by atoms with Crippen molar-refractivity contribution in [2.75, 3.05) is 14.2 Å². The molecule has 0 N–H and O–H groups in total. The van der Waals surface area contributed by atoms with Crippen LogP contribution >= 0.6 is 0 Å². The standard InChI is InChI=1S/C18H15FO4/c1-21-14-9-16(22-2)15-8-12(18(20)23-17(15)10-14)7-11-3-5-13(19)6-4-11/h3-6,8-10H,7H2,1-2H3. The zero-order valence-electron chi connectivity index (χ0n) is 12.8. The monoisotopic (exact) mass is 314 g/mol. The Kier molecular flexibility index (Phi) is 4.02. The highest BCUT2D eigenvalue weighted by Crippen LogP contribution is 2.31. The van der Waals surface area contributed by atoms with Gasteiger partial charge in [-0.15, -0.1) is 0 Å². The smallest absolute Gasteiger partial charge is 0.339 e. The van der Waals surface area contributed by atoms with E-state index in [1.54, 1.807) is 37.4 Å². The third-order valence-corrected chi connectivity index (χ3v) is 3.62. The first-order valence-electron chi connectivity index (χ1n) is 7.04. The highest BCUT2D eigenvalue weighted by atomic mass is 19.1. The average molecular weight is 314 g/mol. The Morgan fingerprint density at radius 2 is 1.78 bits per heavy atom. The van der Waals surface area contributed by atoms with E-state index in [0.717, 1.165) is 5.56 Å². The number of ether oxygens (including phenoxy) is 2. The normalized spacial score (nSPS) is 10.7. The van der Waals surface area contributed by atoms with Crippen molar-refractivity contribution in [3.8, 4) is 11.5 Å². The van der Waals surface area contributed by atoms with Gasteiger partial charge in [-0.3, -0.25) is 0 Å². The SMILES string of the molecule is COc1cc(OC)c2cc(Cc3ccc(F)cc3)c(=O)oc2c1. The summed E-state index contributed by atoms with van der Waals surface area (Å²) in [7, 11) is 3.07. The highest BCUT2D eigenvalue weighted by molar-refractivity contribution is 5.85. The lowest BCUT2D eigenvalue weighted by Crippen LogP contribution is -2.08. The molecule has 2 aromatic carbocycles. The number of benzene rings is 2. The van der Waals surface area contributed by atoms with E-state index in [9.17, 15) is 9.18 Å². The van der Waals surface area contributed by atoms with Crippen molar-refractivity contribution in [3.63, 3.8) is 0 Å². The maximum atomic E-state index is 13.0. The van der Waals surface area contributed by atoms with Gasteiger partial charge in [0.25, 0.3) is 0 Å². The van der Waals surface area contributed by atoms with Gasteiger partial charge in [0.15, 0.2) is 0 Å². The molecule has 0 aliphatic heterocycles. The van der Waals surface area contributed by atoms with Gasteiger partial charge in [-0.2, -0.15) is 0 Å². The Morgan fingerprint density at radius 1 is 1.04 bits per heavy atom. The molecule has 0 atom stereocenters. The quantitative estimate of drug-likeness (QED) is 0.691. The maximum Gasteiger partial charge on any atom is 0.339 e. The van der Waals surface area contributed by atoms with Crippen molar-refractivity contribution in [1.29, 1.82) is 0 Å². The molecule has 0 fully saturated rings. The van der Waals surface area contributed by atoms with Crippen LogP contribution in [0.2, 0.25) is 0 Å². The van der Waals surface area contributed by atoms with Crippen molar-refractivity contribution in [2.45, 2.75) is 6.42 Å². The molecular weight excluding hydrogens is 299 g/mol. The van der Waals surface area contributed by atoms with Gasteiger partial charge in [-0.1, -0.05) is 12.1 Å². The zero-order chi connectivity index (χ0) is 16.4. The molecular formula is C18H15FO4. The molecule has 0 aliphatic rings. The van der Waals surface area contributed by atoms with E-state index in [0.29, 0.717) is 34.5 Å². The summed E-state index contributed by atoms with van der Waals surface area (Å²) >= 11 is 0. The first kappa shape index (κ1) is 15.1. The average Bonchev–Trinajstić information content (AvgIpc) is 2.56. The molecule has 4 nitrogen and oxygen atoms in total. The summed E-state index contributed by atoms with van der Waals surface area (Å²) < 4.78 is 28.9. The Labute approximate surface area is 132 Å². The molecule has 0 saturated carbocycles. The van der Waals surface area contributed by atoms with Crippen LogP contribution in [0.5, 0.6) is 11.5 Å².